The molecule has 2 fully saturated rings. The lowest BCUT2D eigenvalue weighted by Crippen LogP contribution is -2.25. The molecule has 1 saturated heterocycles. The van der Waals surface area contributed by atoms with Crippen LogP contribution in [0.15, 0.2) is 30.5 Å². The van der Waals surface area contributed by atoms with Crippen molar-refractivity contribution in [3.05, 3.63) is 36.0 Å². The van der Waals surface area contributed by atoms with Gasteiger partial charge in [0.15, 0.2) is 0 Å². The van der Waals surface area contributed by atoms with E-state index < -0.39 is 0 Å². The molecule has 2 aromatic rings. The fraction of sp³-hybridized carbons (Fsp3) is 0.524. The third-order valence-electron chi connectivity index (χ3n) is 4.76. The Bertz CT molecular complexity index is 763. The standard InChI is InChI=1S/C21H25N3O2/c1-2-13-26-20(3-1)16-25-14-12-24-15-21(22-23-24)19-10-8-18(9-11-19)7-6-17-4-5-17/h8-11,15,17,20H,1-5,12-14,16H2/t20-/m1/s1. The first-order chi connectivity index (χ1) is 12.9. The Hall–Kier alpha value is -2.16. The summed E-state index contributed by atoms with van der Waals surface area (Å²) < 4.78 is 13.2. The summed E-state index contributed by atoms with van der Waals surface area (Å²) in [4.78, 5) is 0. The number of hydrogen-bond donors (Lipinski definition) is 0. The summed E-state index contributed by atoms with van der Waals surface area (Å²) in [5.41, 5.74) is 3.00. The van der Waals surface area contributed by atoms with Crippen molar-refractivity contribution in [2.75, 3.05) is 19.8 Å². The van der Waals surface area contributed by atoms with Gasteiger partial charge in [-0.1, -0.05) is 29.2 Å². The second-order valence-electron chi connectivity index (χ2n) is 7.05. The molecule has 26 heavy (non-hydrogen) atoms. The molecule has 2 heterocycles. The van der Waals surface area contributed by atoms with Crippen LogP contribution in [0.5, 0.6) is 0 Å². The first-order valence-corrected chi connectivity index (χ1v) is 9.58. The van der Waals surface area contributed by atoms with Crippen LogP contribution in [0.4, 0.5) is 0 Å². The predicted octanol–water partition coefficient (Wildman–Crippen LogP) is 3.29. The van der Waals surface area contributed by atoms with Crippen LogP contribution < -0.4 is 0 Å². The fourth-order valence-electron chi connectivity index (χ4n) is 2.99. The highest BCUT2D eigenvalue weighted by molar-refractivity contribution is 5.59. The topological polar surface area (TPSA) is 49.2 Å². The van der Waals surface area contributed by atoms with Gasteiger partial charge in [0.25, 0.3) is 0 Å². The van der Waals surface area contributed by atoms with E-state index in [0.29, 0.717) is 25.7 Å². The summed E-state index contributed by atoms with van der Waals surface area (Å²) >= 11 is 0. The summed E-state index contributed by atoms with van der Waals surface area (Å²) in [5.74, 6) is 7.14. The molecule has 4 rings (SSSR count). The lowest BCUT2D eigenvalue weighted by Gasteiger charge is -2.22. The van der Waals surface area contributed by atoms with Crippen LogP contribution in [0.1, 0.15) is 37.7 Å². The number of nitrogens with zero attached hydrogens (tertiary/aromatic N) is 3. The summed E-state index contributed by atoms with van der Waals surface area (Å²) in [5, 5.41) is 8.46. The van der Waals surface area contributed by atoms with E-state index >= 15 is 0 Å². The third-order valence-corrected chi connectivity index (χ3v) is 4.76. The van der Waals surface area contributed by atoms with Gasteiger partial charge in [-0.25, -0.2) is 4.68 Å². The maximum absolute atomic E-state index is 5.73. The van der Waals surface area contributed by atoms with Crippen LogP contribution in [0.3, 0.4) is 0 Å². The second kappa shape index (κ2) is 8.48. The molecule has 1 aromatic heterocycles. The lowest BCUT2D eigenvalue weighted by atomic mass is 10.1. The van der Waals surface area contributed by atoms with E-state index in [-0.39, 0.29) is 6.10 Å². The zero-order chi connectivity index (χ0) is 17.6. The molecule has 1 aliphatic carbocycles. The molecule has 5 nitrogen and oxygen atoms in total. The van der Waals surface area contributed by atoms with Gasteiger partial charge >= 0.3 is 0 Å². The quantitative estimate of drug-likeness (QED) is 0.592. The van der Waals surface area contributed by atoms with E-state index in [2.05, 4.69) is 46.4 Å². The van der Waals surface area contributed by atoms with Gasteiger partial charge in [0, 0.05) is 23.7 Å². The molecule has 0 spiro atoms. The summed E-state index contributed by atoms with van der Waals surface area (Å²) in [6.07, 6.45) is 8.26. The number of aromatic nitrogens is 3. The lowest BCUT2D eigenvalue weighted by molar-refractivity contribution is -0.0421. The van der Waals surface area contributed by atoms with Gasteiger partial charge in [-0.3, -0.25) is 0 Å². The predicted molar refractivity (Wildman–Crippen MR) is 99.5 cm³/mol. The molecular weight excluding hydrogens is 326 g/mol. The maximum atomic E-state index is 5.73. The summed E-state index contributed by atoms with van der Waals surface area (Å²) in [7, 11) is 0. The largest absolute Gasteiger partial charge is 0.377 e. The molecule has 1 aliphatic heterocycles. The van der Waals surface area contributed by atoms with Crippen LogP contribution in [0.25, 0.3) is 11.3 Å². The minimum Gasteiger partial charge on any atom is -0.377 e. The molecule has 0 bridgehead atoms. The molecule has 1 atom stereocenters. The van der Waals surface area contributed by atoms with Crippen LogP contribution in [-0.2, 0) is 16.0 Å². The van der Waals surface area contributed by atoms with Crippen molar-refractivity contribution >= 4 is 0 Å². The van der Waals surface area contributed by atoms with E-state index in [4.69, 9.17) is 9.47 Å². The minimum atomic E-state index is 0.261. The van der Waals surface area contributed by atoms with E-state index in [9.17, 15) is 0 Å². The molecule has 5 heteroatoms. The zero-order valence-electron chi connectivity index (χ0n) is 15.1. The summed E-state index contributed by atoms with van der Waals surface area (Å²) in [6, 6.07) is 8.22. The molecule has 0 N–H and O–H groups in total. The molecule has 1 saturated carbocycles. The fourth-order valence-corrected chi connectivity index (χ4v) is 2.99. The van der Waals surface area contributed by atoms with Crippen LogP contribution in [0, 0.1) is 17.8 Å². The average molecular weight is 351 g/mol. The van der Waals surface area contributed by atoms with Gasteiger partial charge in [-0.2, -0.15) is 0 Å². The van der Waals surface area contributed by atoms with Crippen molar-refractivity contribution in [3.63, 3.8) is 0 Å². The van der Waals surface area contributed by atoms with Gasteiger partial charge in [0.1, 0.15) is 5.69 Å². The first-order valence-electron chi connectivity index (χ1n) is 9.58. The highest BCUT2D eigenvalue weighted by Crippen LogP contribution is 2.27. The minimum absolute atomic E-state index is 0.261. The molecule has 0 unspecified atom stereocenters. The molecule has 0 amide bonds. The third kappa shape index (κ3) is 4.94. The molecule has 1 aromatic carbocycles. The summed E-state index contributed by atoms with van der Waals surface area (Å²) in [6.45, 7) is 2.86. The van der Waals surface area contributed by atoms with E-state index in [1.165, 1.54) is 25.7 Å². The Morgan fingerprint density at radius 1 is 1.15 bits per heavy atom. The normalized spacial score (nSPS) is 19.8. The van der Waals surface area contributed by atoms with Crippen molar-refractivity contribution in [1.29, 1.82) is 0 Å². The Morgan fingerprint density at radius 2 is 2.04 bits per heavy atom. The number of ether oxygens (including phenoxy) is 2. The van der Waals surface area contributed by atoms with Crippen molar-refractivity contribution in [2.24, 2.45) is 5.92 Å². The maximum Gasteiger partial charge on any atom is 0.113 e. The van der Waals surface area contributed by atoms with Crippen molar-refractivity contribution in [2.45, 2.75) is 44.8 Å². The highest BCUT2D eigenvalue weighted by Gasteiger charge is 2.17. The van der Waals surface area contributed by atoms with Gasteiger partial charge in [-0.05, 0) is 44.2 Å². The van der Waals surface area contributed by atoms with Crippen molar-refractivity contribution in [1.82, 2.24) is 15.0 Å². The van der Waals surface area contributed by atoms with E-state index in [1.807, 2.05) is 10.9 Å². The van der Waals surface area contributed by atoms with Gasteiger partial charge in [0.2, 0.25) is 0 Å². The van der Waals surface area contributed by atoms with E-state index in [1.54, 1.807) is 0 Å². The number of rotatable bonds is 6. The molecule has 136 valence electrons. The molecule has 2 aliphatic rings. The van der Waals surface area contributed by atoms with Gasteiger partial charge in [0.05, 0.1) is 32.1 Å². The van der Waals surface area contributed by atoms with Crippen LogP contribution in [0.2, 0.25) is 0 Å². The van der Waals surface area contributed by atoms with Crippen molar-refractivity contribution in [3.8, 4) is 23.1 Å². The Balaban J connectivity index is 1.25. The smallest absolute Gasteiger partial charge is 0.113 e. The zero-order valence-corrected chi connectivity index (χ0v) is 15.1. The highest BCUT2D eigenvalue weighted by atomic mass is 16.5. The van der Waals surface area contributed by atoms with E-state index in [0.717, 1.165) is 29.8 Å². The van der Waals surface area contributed by atoms with Gasteiger partial charge < -0.3 is 9.47 Å². The Labute approximate surface area is 154 Å². The number of hydrogen-bond acceptors (Lipinski definition) is 4. The molecular formula is C21H25N3O2. The van der Waals surface area contributed by atoms with Crippen LogP contribution in [-0.4, -0.2) is 40.9 Å². The van der Waals surface area contributed by atoms with Crippen LogP contribution >= 0.6 is 0 Å². The molecule has 0 radical (unpaired) electrons. The first kappa shape index (κ1) is 17.3. The second-order valence-corrected chi connectivity index (χ2v) is 7.05. The SMILES string of the molecule is C(#CC1CC1)c1ccc(-c2cn(CCOC[C@H]3CCCCO3)nn2)cc1. The monoisotopic (exact) mass is 351 g/mol. The Kier molecular flexibility index (Phi) is 5.63. The van der Waals surface area contributed by atoms with Crippen molar-refractivity contribution < 1.29 is 9.47 Å². The number of benzene rings is 1. The average Bonchev–Trinajstić information content (AvgIpc) is 3.41. The van der Waals surface area contributed by atoms with Gasteiger partial charge in [-0.15, -0.1) is 5.10 Å². The Morgan fingerprint density at radius 3 is 2.81 bits per heavy atom.